The Morgan fingerprint density at radius 2 is 1.97 bits per heavy atom. The number of aryl methyl sites for hydroxylation is 2. The van der Waals surface area contributed by atoms with Gasteiger partial charge in [0, 0.05) is 43.3 Å². The minimum absolute atomic E-state index is 0.125. The van der Waals surface area contributed by atoms with Crippen LogP contribution in [0, 0.1) is 12.8 Å². The molecule has 0 spiro atoms. The molecule has 1 saturated carbocycles. The Kier molecular flexibility index (Phi) is 5.10. The normalized spacial score (nSPS) is 20.5. The number of hydrogen-bond donors (Lipinski definition) is 1. The Bertz CT molecular complexity index is 1120. The van der Waals surface area contributed by atoms with Crippen molar-refractivity contribution in [2.24, 2.45) is 13.0 Å². The molecule has 2 aliphatic rings. The minimum atomic E-state index is 0.125. The van der Waals surface area contributed by atoms with Gasteiger partial charge in [0.25, 0.3) is 5.91 Å². The molecule has 2 atom stereocenters. The highest BCUT2D eigenvalue weighted by Gasteiger charge is 2.39. The molecule has 6 nitrogen and oxygen atoms in total. The summed E-state index contributed by atoms with van der Waals surface area (Å²) in [6, 6.07) is 12.8. The lowest BCUT2D eigenvalue weighted by Gasteiger charge is -2.28. The van der Waals surface area contributed by atoms with Gasteiger partial charge in [0.05, 0.1) is 6.20 Å². The molecule has 1 amide bonds. The molecule has 0 bridgehead atoms. The Balaban J connectivity index is 1.36. The van der Waals surface area contributed by atoms with Crippen molar-refractivity contribution in [3.8, 4) is 11.3 Å². The number of aliphatic hydroxyl groups is 1. The van der Waals surface area contributed by atoms with Crippen molar-refractivity contribution >= 4 is 5.91 Å². The highest BCUT2D eigenvalue weighted by molar-refractivity contribution is 5.99. The van der Waals surface area contributed by atoms with E-state index in [0.717, 1.165) is 48.1 Å². The second-order valence-corrected chi connectivity index (χ2v) is 8.96. The first kappa shape index (κ1) is 19.9. The summed E-state index contributed by atoms with van der Waals surface area (Å²) in [7, 11) is 1.86. The van der Waals surface area contributed by atoms with Crippen molar-refractivity contribution in [2.75, 3.05) is 6.61 Å². The third kappa shape index (κ3) is 3.65. The van der Waals surface area contributed by atoms with E-state index in [9.17, 15) is 9.90 Å². The first-order valence-corrected chi connectivity index (χ1v) is 11.0. The fourth-order valence-corrected chi connectivity index (χ4v) is 5.14. The van der Waals surface area contributed by atoms with Crippen LogP contribution in [0.4, 0.5) is 0 Å². The van der Waals surface area contributed by atoms with Crippen LogP contribution in [0.5, 0.6) is 0 Å². The fraction of sp³-hybridized carbons (Fsp3) is 0.400. The molecule has 5 rings (SSSR count). The van der Waals surface area contributed by atoms with Gasteiger partial charge in [0.2, 0.25) is 0 Å². The van der Waals surface area contributed by atoms with E-state index in [2.05, 4.69) is 53.6 Å². The van der Waals surface area contributed by atoms with E-state index in [1.807, 2.05) is 18.1 Å². The smallest absolute Gasteiger partial charge is 0.254 e. The molecule has 1 fully saturated rings. The molecule has 1 aromatic heterocycles. The Labute approximate surface area is 182 Å². The summed E-state index contributed by atoms with van der Waals surface area (Å²) in [4.78, 5) is 15.2. The van der Waals surface area contributed by atoms with Crippen molar-refractivity contribution in [2.45, 2.75) is 45.2 Å². The highest BCUT2D eigenvalue weighted by Crippen LogP contribution is 2.36. The average Bonchev–Trinajstić information content (AvgIpc) is 3.48. The monoisotopic (exact) mass is 416 g/mol. The van der Waals surface area contributed by atoms with Crippen molar-refractivity contribution in [1.82, 2.24) is 19.9 Å². The van der Waals surface area contributed by atoms with Gasteiger partial charge in [-0.1, -0.05) is 42.0 Å². The number of hydrogen-bond acceptors (Lipinski definition) is 4. The molecule has 160 valence electrons. The summed E-state index contributed by atoms with van der Waals surface area (Å²) < 4.78 is 1.70. The zero-order chi connectivity index (χ0) is 21.5. The SMILES string of the molecule is Cc1cc2c(cc1Cc1ccc(-c3cn(C)nn3)cc1)C(=O)N([C@H]1CCC[C@@H]1CO)C2. The van der Waals surface area contributed by atoms with Crippen LogP contribution in [0.2, 0.25) is 0 Å². The van der Waals surface area contributed by atoms with Crippen molar-refractivity contribution in [3.63, 3.8) is 0 Å². The van der Waals surface area contributed by atoms with Crippen LogP contribution in [0.3, 0.4) is 0 Å². The third-order valence-corrected chi connectivity index (χ3v) is 6.89. The van der Waals surface area contributed by atoms with Gasteiger partial charge in [-0.15, -0.1) is 5.10 Å². The van der Waals surface area contributed by atoms with Crippen molar-refractivity contribution in [1.29, 1.82) is 0 Å². The van der Waals surface area contributed by atoms with E-state index in [4.69, 9.17) is 0 Å². The lowest BCUT2D eigenvalue weighted by atomic mass is 9.95. The zero-order valence-corrected chi connectivity index (χ0v) is 18.1. The molecule has 2 aromatic carbocycles. The maximum atomic E-state index is 13.2. The molecule has 0 saturated heterocycles. The second-order valence-electron chi connectivity index (χ2n) is 8.96. The maximum Gasteiger partial charge on any atom is 0.254 e. The van der Waals surface area contributed by atoms with E-state index < -0.39 is 0 Å². The molecule has 0 unspecified atom stereocenters. The summed E-state index contributed by atoms with van der Waals surface area (Å²) in [6.07, 6.45) is 5.79. The van der Waals surface area contributed by atoms with E-state index in [-0.39, 0.29) is 24.5 Å². The largest absolute Gasteiger partial charge is 0.396 e. The number of rotatable bonds is 5. The number of aliphatic hydroxyl groups excluding tert-OH is 1. The van der Waals surface area contributed by atoms with Gasteiger partial charge in [0.1, 0.15) is 5.69 Å². The van der Waals surface area contributed by atoms with E-state index in [1.165, 1.54) is 16.7 Å². The second kappa shape index (κ2) is 7.93. The predicted octanol–water partition coefficient (Wildman–Crippen LogP) is 3.50. The Morgan fingerprint density at radius 3 is 2.68 bits per heavy atom. The topological polar surface area (TPSA) is 71.2 Å². The molecule has 1 aliphatic carbocycles. The number of carbonyl (C=O) groups excluding carboxylic acids is 1. The van der Waals surface area contributed by atoms with Crippen LogP contribution >= 0.6 is 0 Å². The summed E-state index contributed by atoms with van der Waals surface area (Å²) >= 11 is 0. The molecule has 1 aliphatic heterocycles. The number of aromatic nitrogens is 3. The molecule has 6 heteroatoms. The van der Waals surface area contributed by atoms with Crippen LogP contribution in [0.1, 0.15) is 51.9 Å². The zero-order valence-electron chi connectivity index (χ0n) is 18.1. The minimum Gasteiger partial charge on any atom is -0.396 e. The first-order chi connectivity index (χ1) is 15.0. The molecular weight excluding hydrogens is 388 g/mol. The Morgan fingerprint density at radius 1 is 1.16 bits per heavy atom. The standard InChI is InChI=1S/C25H28N4O2/c1-16-10-21-13-29(24-5-3-4-19(24)15-30)25(31)22(21)12-20(16)11-17-6-8-18(9-7-17)23-14-28(2)27-26-23/h6-10,12,14,19,24,30H,3-5,11,13,15H2,1-2H3/t19-,24+/m1/s1. The molecular formula is C25H28N4O2. The summed E-state index contributed by atoms with van der Waals surface area (Å²) in [5.41, 5.74) is 7.47. The van der Waals surface area contributed by atoms with Crippen molar-refractivity contribution in [3.05, 3.63) is 70.4 Å². The Hall–Kier alpha value is -2.99. The quantitative estimate of drug-likeness (QED) is 0.691. The van der Waals surface area contributed by atoms with Crippen molar-refractivity contribution < 1.29 is 9.90 Å². The van der Waals surface area contributed by atoms with E-state index >= 15 is 0 Å². The first-order valence-electron chi connectivity index (χ1n) is 11.0. The van der Waals surface area contributed by atoms with Gasteiger partial charge in [-0.05, 0) is 54.5 Å². The molecule has 2 heterocycles. The van der Waals surface area contributed by atoms with Gasteiger partial charge in [-0.3, -0.25) is 9.48 Å². The van der Waals surface area contributed by atoms with Crippen LogP contribution in [-0.4, -0.2) is 43.6 Å². The summed E-state index contributed by atoms with van der Waals surface area (Å²) in [6.45, 7) is 2.96. The molecule has 0 radical (unpaired) electrons. The number of nitrogens with zero attached hydrogens (tertiary/aromatic N) is 4. The third-order valence-electron chi connectivity index (χ3n) is 6.89. The number of benzene rings is 2. The number of carbonyl (C=O) groups is 1. The average molecular weight is 417 g/mol. The number of fused-ring (bicyclic) bond motifs is 1. The van der Waals surface area contributed by atoms with Crippen LogP contribution in [0.15, 0.2) is 42.6 Å². The van der Waals surface area contributed by atoms with E-state index in [0.29, 0.717) is 6.54 Å². The van der Waals surface area contributed by atoms with E-state index in [1.54, 1.807) is 4.68 Å². The van der Waals surface area contributed by atoms with Gasteiger partial charge < -0.3 is 10.0 Å². The molecule has 31 heavy (non-hydrogen) atoms. The van der Waals surface area contributed by atoms with Crippen LogP contribution in [0.25, 0.3) is 11.3 Å². The highest BCUT2D eigenvalue weighted by atomic mass is 16.3. The van der Waals surface area contributed by atoms with Gasteiger partial charge in [0.15, 0.2) is 0 Å². The lowest BCUT2D eigenvalue weighted by Crippen LogP contribution is -2.39. The van der Waals surface area contributed by atoms with Gasteiger partial charge in [-0.2, -0.15) is 0 Å². The predicted molar refractivity (Wildman–Crippen MR) is 119 cm³/mol. The maximum absolute atomic E-state index is 13.2. The lowest BCUT2D eigenvalue weighted by molar-refractivity contribution is 0.0612. The van der Waals surface area contributed by atoms with Crippen LogP contribution in [-0.2, 0) is 20.0 Å². The van der Waals surface area contributed by atoms with Gasteiger partial charge >= 0.3 is 0 Å². The molecule has 3 aromatic rings. The molecule has 1 N–H and O–H groups in total. The fourth-order valence-electron chi connectivity index (χ4n) is 5.14. The van der Waals surface area contributed by atoms with Crippen LogP contribution < -0.4 is 0 Å². The summed E-state index contributed by atoms with van der Waals surface area (Å²) in [5, 5.41) is 17.9. The van der Waals surface area contributed by atoms with Gasteiger partial charge in [-0.25, -0.2) is 0 Å². The summed E-state index contributed by atoms with van der Waals surface area (Å²) in [5.74, 6) is 0.339. The number of amides is 1.